The van der Waals surface area contributed by atoms with Crippen molar-refractivity contribution in [1.29, 1.82) is 0 Å². The van der Waals surface area contributed by atoms with Crippen molar-refractivity contribution in [3.8, 4) is 17.2 Å². The molecule has 1 N–H and O–H groups in total. The first-order chi connectivity index (χ1) is 13.5. The molecule has 0 saturated heterocycles. The first-order valence-corrected chi connectivity index (χ1v) is 9.98. The number of hydrogen-bond donors (Lipinski definition) is 1. The Morgan fingerprint density at radius 3 is 2.50 bits per heavy atom. The van der Waals surface area contributed by atoms with E-state index in [0.717, 1.165) is 32.9 Å². The topological polar surface area (TPSA) is 85.6 Å². The lowest BCUT2D eigenvalue weighted by atomic mass is 10.1. The third-order valence-electron chi connectivity index (χ3n) is 4.14. The van der Waals surface area contributed by atoms with E-state index in [1.807, 2.05) is 50.2 Å². The molecule has 0 saturated carbocycles. The highest BCUT2D eigenvalue weighted by Crippen LogP contribution is 2.24. The van der Waals surface area contributed by atoms with Crippen LogP contribution in [0.3, 0.4) is 0 Å². The van der Waals surface area contributed by atoms with Gasteiger partial charge in [0.05, 0.1) is 11.4 Å². The molecule has 2 aromatic carbocycles. The van der Waals surface area contributed by atoms with Crippen LogP contribution in [0.5, 0.6) is 0 Å². The van der Waals surface area contributed by atoms with Crippen molar-refractivity contribution in [2.45, 2.75) is 13.8 Å². The van der Waals surface area contributed by atoms with E-state index in [0.29, 0.717) is 22.2 Å². The molecule has 0 aliphatic heterocycles. The molecule has 0 radical (unpaired) electrons. The van der Waals surface area contributed by atoms with Gasteiger partial charge in [-0.05, 0) is 50.2 Å². The van der Waals surface area contributed by atoms with E-state index in [4.69, 9.17) is 0 Å². The number of nitrogens with one attached hydrogen (secondary N) is 1. The number of anilines is 1. The average Bonchev–Trinajstić information content (AvgIpc) is 3.29. The largest absolute Gasteiger partial charge is 0.297 e. The van der Waals surface area contributed by atoms with E-state index in [-0.39, 0.29) is 5.91 Å². The van der Waals surface area contributed by atoms with Gasteiger partial charge in [-0.15, -0.1) is 5.10 Å². The number of carbonyl (C=O) groups is 1. The third kappa shape index (κ3) is 3.71. The number of aromatic nitrogens is 5. The first kappa shape index (κ1) is 18.5. The van der Waals surface area contributed by atoms with Gasteiger partial charge in [-0.1, -0.05) is 38.8 Å². The van der Waals surface area contributed by atoms with Gasteiger partial charge in [-0.2, -0.15) is 9.36 Å². The summed E-state index contributed by atoms with van der Waals surface area (Å²) in [6.45, 7) is 3.88. The van der Waals surface area contributed by atoms with Gasteiger partial charge in [0, 0.05) is 21.6 Å². The summed E-state index contributed by atoms with van der Waals surface area (Å²) in [7, 11) is 0. The molecular formula is C19H15BrN6OS. The van der Waals surface area contributed by atoms with Gasteiger partial charge in [0.2, 0.25) is 5.13 Å². The Bertz CT molecular complexity index is 1130. The van der Waals surface area contributed by atoms with Crippen molar-refractivity contribution in [2.24, 2.45) is 0 Å². The molecule has 0 aliphatic carbocycles. The van der Waals surface area contributed by atoms with Gasteiger partial charge < -0.3 is 0 Å². The number of aryl methyl sites for hydroxylation is 1. The second-order valence-corrected chi connectivity index (χ2v) is 7.82. The number of nitrogens with zero attached hydrogens (tertiary/aromatic N) is 5. The van der Waals surface area contributed by atoms with E-state index >= 15 is 0 Å². The number of hydrogen-bond acceptors (Lipinski definition) is 6. The van der Waals surface area contributed by atoms with Crippen molar-refractivity contribution in [2.75, 3.05) is 5.32 Å². The number of benzene rings is 2. The SMILES string of the molecule is Cc1ccc(C(=O)Nc2nc(-c3nnn(-c4ccc(Br)cc4)c3C)ns2)cc1. The molecular weight excluding hydrogens is 440 g/mol. The minimum atomic E-state index is -0.224. The van der Waals surface area contributed by atoms with Crippen LogP contribution < -0.4 is 5.32 Å². The predicted octanol–water partition coefficient (Wildman–Crippen LogP) is 4.42. The summed E-state index contributed by atoms with van der Waals surface area (Å²) in [4.78, 5) is 16.7. The zero-order valence-corrected chi connectivity index (χ0v) is 17.5. The quantitative estimate of drug-likeness (QED) is 0.493. The van der Waals surface area contributed by atoms with Crippen LogP contribution in [0.4, 0.5) is 5.13 Å². The molecule has 4 aromatic rings. The second kappa shape index (κ2) is 7.61. The highest BCUT2D eigenvalue weighted by Gasteiger charge is 2.17. The molecule has 28 heavy (non-hydrogen) atoms. The van der Waals surface area contributed by atoms with Crippen molar-refractivity contribution < 1.29 is 4.79 Å². The predicted molar refractivity (Wildman–Crippen MR) is 112 cm³/mol. The summed E-state index contributed by atoms with van der Waals surface area (Å²) in [5, 5.41) is 11.6. The number of rotatable bonds is 4. The maximum Gasteiger partial charge on any atom is 0.257 e. The highest BCUT2D eigenvalue weighted by molar-refractivity contribution is 9.10. The molecule has 2 aromatic heterocycles. The molecule has 0 fully saturated rings. The van der Waals surface area contributed by atoms with Crippen molar-refractivity contribution in [1.82, 2.24) is 24.4 Å². The molecule has 4 rings (SSSR count). The van der Waals surface area contributed by atoms with E-state index < -0.39 is 0 Å². The van der Waals surface area contributed by atoms with Crippen LogP contribution in [0.1, 0.15) is 21.6 Å². The molecule has 0 bridgehead atoms. The summed E-state index contributed by atoms with van der Waals surface area (Å²) >= 11 is 4.53. The van der Waals surface area contributed by atoms with Crippen LogP contribution in [0, 0.1) is 13.8 Å². The Morgan fingerprint density at radius 2 is 1.79 bits per heavy atom. The van der Waals surface area contributed by atoms with E-state index in [1.54, 1.807) is 16.8 Å². The molecule has 0 atom stereocenters. The van der Waals surface area contributed by atoms with Gasteiger partial charge in [-0.25, -0.2) is 4.68 Å². The fourth-order valence-corrected chi connectivity index (χ4v) is 3.44. The summed E-state index contributed by atoms with van der Waals surface area (Å²) in [5.74, 6) is 0.211. The van der Waals surface area contributed by atoms with Crippen molar-refractivity contribution >= 4 is 38.5 Å². The molecule has 0 unspecified atom stereocenters. The lowest BCUT2D eigenvalue weighted by molar-refractivity contribution is 0.102. The fourth-order valence-electron chi connectivity index (χ4n) is 2.61. The minimum absolute atomic E-state index is 0.224. The molecule has 1 amide bonds. The van der Waals surface area contributed by atoms with Crippen LogP contribution in [0.2, 0.25) is 0 Å². The van der Waals surface area contributed by atoms with E-state index in [2.05, 4.69) is 40.9 Å². The summed E-state index contributed by atoms with van der Waals surface area (Å²) in [6, 6.07) is 15.1. The van der Waals surface area contributed by atoms with Crippen LogP contribution in [0.25, 0.3) is 17.2 Å². The lowest BCUT2D eigenvalue weighted by Crippen LogP contribution is -2.11. The Kier molecular flexibility index (Phi) is 5.01. The number of halogens is 1. The van der Waals surface area contributed by atoms with Gasteiger partial charge in [0.15, 0.2) is 11.5 Å². The molecule has 7 nitrogen and oxygen atoms in total. The number of carbonyl (C=O) groups excluding carboxylic acids is 1. The fraction of sp³-hybridized carbons (Fsp3) is 0.105. The van der Waals surface area contributed by atoms with Gasteiger partial charge >= 0.3 is 0 Å². The van der Waals surface area contributed by atoms with E-state index in [9.17, 15) is 4.79 Å². The lowest BCUT2D eigenvalue weighted by Gasteiger charge is -2.03. The van der Waals surface area contributed by atoms with Gasteiger partial charge in [0.25, 0.3) is 5.91 Å². The smallest absolute Gasteiger partial charge is 0.257 e. The molecule has 140 valence electrons. The zero-order valence-electron chi connectivity index (χ0n) is 15.0. The molecule has 0 spiro atoms. The normalized spacial score (nSPS) is 10.8. The Balaban J connectivity index is 1.55. The summed E-state index contributed by atoms with van der Waals surface area (Å²) in [5.41, 5.74) is 3.95. The monoisotopic (exact) mass is 454 g/mol. The third-order valence-corrected chi connectivity index (χ3v) is 5.30. The van der Waals surface area contributed by atoms with Crippen molar-refractivity contribution in [3.05, 3.63) is 69.8 Å². The summed E-state index contributed by atoms with van der Waals surface area (Å²) in [6.07, 6.45) is 0. The van der Waals surface area contributed by atoms with Crippen LogP contribution in [0.15, 0.2) is 53.0 Å². The number of amides is 1. The zero-order chi connectivity index (χ0) is 19.7. The minimum Gasteiger partial charge on any atom is -0.297 e. The maximum atomic E-state index is 12.3. The molecule has 0 aliphatic rings. The maximum absolute atomic E-state index is 12.3. The van der Waals surface area contributed by atoms with Gasteiger partial charge in [-0.3, -0.25) is 10.1 Å². The average molecular weight is 455 g/mol. The van der Waals surface area contributed by atoms with E-state index in [1.165, 1.54) is 0 Å². The van der Waals surface area contributed by atoms with Crippen molar-refractivity contribution in [3.63, 3.8) is 0 Å². The van der Waals surface area contributed by atoms with Crippen LogP contribution >= 0.6 is 27.5 Å². The Hall–Kier alpha value is -2.91. The second-order valence-electron chi connectivity index (χ2n) is 6.15. The molecule has 2 heterocycles. The Labute approximate surface area is 173 Å². The Morgan fingerprint density at radius 1 is 1.07 bits per heavy atom. The van der Waals surface area contributed by atoms with Crippen LogP contribution in [-0.4, -0.2) is 30.3 Å². The standard InChI is InChI=1S/C19H15BrN6OS/c1-11-3-5-13(6-4-11)18(27)22-19-21-17(24-28-19)16-12(2)26(25-23-16)15-9-7-14(20)8-10-15/h3-10H,1-2H3,(H,21,22,24,27). The van der Waals surface area contributed by atoms with Crippen LogP contribution in [-0.2, 0) is 0 Å². The molecule has 9 heteroatoms. The van der Waals surface area contributed by atoms with Gasteiger partial charge in [0.1, 0.15) is 0 Å². The summed E-state index contributed by atoms with van der Waals surface area (Å²) < 4.78 is 7.04. The highest BCUT2D eigenvalue weighted by atomic mass is 79.9. The first-order valence-electron chi connectivity index (χ1n) is 8.41.